The number of piperazine rings is 1. The molecular formula is C15H19N3O2. The van der Waals surface area contributed by atoms with Crippen LogP contribution in [0, 0.1) is 0 Å². The molecule has 0 aromatic heterocycles. The summed E-state index contributed by atoms with van der Waals surface area (Å²) < 4.78 is 0. The van der Waals surface area contributed by atoms with Crippen LogP contribution in [0.1, 0.15) is 29.8 Å². The lowest BCUT2D eigenvalue weighted by Gasteiger charge is -2.27. The fraction of sp³-hybridized carbons (Fsp3) is 0.467. The number of hydrogen-bond donors (Lipinski definition) is 2. The monoisotopic (exact) mass is 273 g/mol. The average molecular weight is 273 g/mol. The lowest BCUT2D eigenvalue weighted by Crippen LogP contribution is -2.46. The molecule has 1 saturated heterocycles. The molecule has 5 heteroatoms. The van der Waals surface area contributed by atoms with Gasteiger partial charge in [0, 0.05) is 37.4 Å². The van der Waals surface area contributed by atoms with Gasteiger partial charge < -0.3 is 15.5 Å². The molecule has 0 spiro atoms. The Bertz CT molecular complexity index is 574. The molecule has 106 valence electrons. The van der Waals surface area contributed by atoms with Crippen molar-refractivity contribution in [2.75, 3.05) is 31.5 Å². The standard InChI is InChI=1S/C15H19N3O2/c1-15(2)11-9-10(3-4-12(11)17-14(15)20)13(19)18-7-5-16-6-8-18/h3-4,9,16H,5-8H2,1-2H3,(H,17,20). The zero-order chi connectivity index (χ0) is 14.3. The fourth-order valence-corrected chi connectivity index (χ4v) is 2.75. The van der Waals surface area contributed by atoms with Crippen LogP contribution in [0.25, 0.3) is 0 Å². The summed E-state index contributed by atoms with van der Waals surface area (Å²) in [6.45, 7) is 6.90. The molecule has 20 heavy (non-hydrogen) atoms. The lowest BCUT2D eigenvalue weighted by molar-refractivity contribution is -0.119. The first-order valence-corrected chi connectivity index (χ1v) is 6.96. The summed E-state index contributed by atoms with van der Waals surface area (Å²) in [5, 5.41) is 6.09. The molecule has 2 N–H and O–H groups in total. The van der Waals surface area contributed by atoms with Gasteiger partial charge in [-0.3, -0.25) is 9.59 Å². The van der Waals surface area contributed by atoms with Gasteiger partial charge in [-0.05, 0) is 37.6 Å². The van der Waals surface area contributed by atoms with E-state index in [-0.39, 0.29) is 11.8 Å². The van der Waals surface area contributed by atoms with Crippen molar-refractivity contribution in [2.45, 2.75) is 19.3 Å². The first-order chi connectivity index (χ1) is 9.50. The predicted octanol–water partition coefficient (Wildman–Crippen LogP) is 0.962. The quantitative estimate of drug-likeness (QED) is 0.801. The second-order valence-corrected chi connectivity index (χ2v) is 5.88. The van der Waals surface area contributed by atoms with Crippen molar-refractivity contribution >= 4 is 17.5 Å². The Labute approximate surface area is 118 Å². The molecule has 2 amide bonds. The SMILES string of the molecule is CC1(C)C(=O)Nc2ccc(C(=O)N3CCNCC3)cc21. The number of fused-ring (bicyclic) bond motifs is 1. The van der Waals surface area contributed by atoms with Gasteiger partial charge in [-0.15, -0.1) is 0 Å². The molecule has 0 aliphatic carbocycles. The van der Waals surface area contributed by atoms with Gasteiger partial charge in [0.25, 0.3) is 5.91 Å². The van der Waals surface area contributed by atoms with Gasteiger partial charge in [0.05, 0.1) is 5.41 Å². The van der Waals surface area contributed by atoms with Crippen LogP contribution in [0.5, 0.6) is 0 Å². The van der Waals surface area contributed by atoms with Gasteiger partial charge in [-0.25, -0.2) is 0 Å². The van der Waals surface area contributed by atoms with Crippen molar-refractivity contribution in [3.8, 4) is 0 Å². The van der Waals surface area contributed by atoms with E-state index in [1.165, 1.54) is 0 Å². The Balaban J connectivity index is 1.91. The van der Waals surface area contributed by atoms with Crippen LogP contribution in [0.4, 0.5) is 5.69 Å². The molecule has 0 saturated carbocycles. The van der Waals surface area contributed by atoms with Crippen LogP contribution in [-0.4, -0.2) is 42.9 Å². The highest BCUT2D eigenvalue weighted by Gasteiger charge is 2.38. The number of carbonyl (C=O) groups is 2. The number of hydrogen-bond acceptors (Lipinski definition) is 3. The van der Waals surface area contributed by atoms with Gasteiger partial charge in [0.2, 0.25) is 5.91 Å². The molecule has 1 fully saturated rings. The third kappa shape index (κ3) is 1.98. The van der Waals surface area contributed by atoms with E-state index >= 15 is 0 Å². The van der Waals surface area contributed by atoms with Crippen molar-refractivity contribution in [3.05, 3.63) is 29.3 Å². The van der Waals surface area contributed by atoms with Crippen LogP contribution in [-0.2, 0) is 10.2 Å². The molecule has 0 radical (unpaired) electrons. The number of nitrogens with one attached hydrogen (secondary N) is 2. The van der Waals surface area contributed by atoms with Crippen molar-refractivity contribution in [1.29, 1.82) is 0 Å². The Morgan fingerprint density at radius 2 is 1.95 bits per heavy atom. The highest BCUT2D eigenvalue weighted by atomic mass is 16.2. The Hall–Kier alpha value is -1.88. The van der Waals surface area contributed by atoms with E-state index in [4.69, 9.17) is 0 Å². The van der Waals surface area contributed by atoms with Gasteiger partial charge in [0.1, 0.15) is 0 Å². The number of anilines is 1. The molecule has 0 bridgehead atoms. The summed E-state index contributed by atoms with van der Waals surface area (Å²) in [6, 6.07) is 5.49. The largest absolute Gasteiger partial charge is 0.336 e. The van der Waals surface area contributed by atoms with Gasteiger partial charge in [0.15, 0.2) is 0 Å². The summed E-state index contributed by atoms with van der Waals surface area (Å²) in [6.07, 6.45) is 0. The normalized spacial score (nSPS) is 20.5. The van der Waals surface area contributed by atoms with E-state index in [1.807, 2.05) is 30.9 Å². The zero-order valence-electron chi connectivity index (χ0n) is 11.8. The number of amides is 2. The summed E-state index contributed by atoms with van der Waals surface area (Å²) in [4.78, 5) is 26.3. The molecular weight excluding hydrogens is 254 g/mol. The highest BCUT2D eigenvalue weighted by molar-refractivity contribution is 6.07. The summed E-state index contributed by atoms with van der Waals surface area (Å²) in [7, 11) is 0. The van der Waals surface area contributed by atoms with Crippen LogP contribution >= 0.6 is 0 Å². The smallest absolute Gasteiger partial charge is 0.253 e. The lowest BCUT2D eigenvalue weighted by atomic mass is 9.85. The molecule has 2 heterocycles. The third-order valence-electron chi connectivity index (χ3n) is 4.16. The van der Waals surface area contributed by atoms with Crippen LogP contribution in [0.2, 0.25) is 0 Å². The van der Waals surface area contributed by atoms with Gasteiger partial charge >= 0.3 is 0 Å². The molecule has 5 nitrogen and oxygen atoms in total. The maximum Gasteiger partial charge on any atom is 0.253 e. The molecule has 0 atom stereocenters. The average Bonchev–Trinajstić information content (AvgIpc) is 2.69. The topological polar surface area (TPSA) is 61.4 Å². The first-order valence-electron chi connectivity index (χ1n) is 6.96. The van der Waals surface area contributed by atoms with Crippen molar-refractivity contribution in [3.63, 3.8) is 0 Å². The maximum atomic E-state index is 12.5. The predicted molar refractivity (Wildman–Crippen MR) is 76.9 cm³/mol. The van der Waals surface area contributed by atoms with Crippen LogP contribution in [0.3, 0.4) is 0 Å². The second-order valence-electron chi connectivity index (χ2n) is 5.88. The summed E-state index contributed by atoms with van der Waals surface area (Å²) >= 11 is 0. The minimum atomic E-state index is -0.574. The number of carbonyl (C=O) groups excluding carboxylic acids is 2. The molecule has 2 aliphatic rings. The number of rotatable bonds is 1. The second kappa shape index (κ2) is 4.59. The van der Waals surface area contributed by atoms with Crippen molar-refractivity contribution in [1.82, 2.24) is 10.2 Å². The summed E-state index contributed by atoms with van der Waals surface area (Å²) in [5.74, 6) is 0.0312. The first kappa shape index (κ1) is 13.1. The highest BCUT2D eigenvalue weighted by Crippen LogP contribution is 2.37. The Morgan fingerprint density at radius 1 is 1.25 bits per heavy atom. The van der Waals surface area contributed by atoms with Crippen molar-refractivity contribution in [2.24, 2.45) is 0 Å². The minimum absolute atomic E-state index is 0.0146. The van der Waals surface area contributed by atoms with Crippen LogP contribution < -0.4 is 10.6 Å². The van der Waals surface area contributed by atoms with E-state index in [9.17, 15) is 9.59 Å². The van der Waals surface area contributed by atoms with Crippen LogP contribution in [0.15, 0.2) is 18.2 Å². The zero-order valence-corrected chi connectivity index (χ0v) is 11.8. The molecule has 2 aliphatic heterocycles. The third-order valence-corrected chi connectivity index (χ3v) is 4.16. The van der Waals surface area contributed by atoms with Gasteiger partial charge in [-0.1, -0.05) is 0 Å². The molecule has 1 aromatic carbocycles. The summed E-state index contributed by atoms with van der Waals surface area (Å²) in [5.41, 5.74) is 1.81. The van der Waals surface area contributed by atoms with E-state index in [1.54, 1.807) is 6.07 Å². The molecule has 3 rings (SSSR count). The van der Waals surface area contributed by atoms with E-state index in [0.29, 0.717) is 5.56 Å². The minimum Gasteiger partial charge on any atom is -0.336 e. The number of nitrogens with zero attached hydrogens (tertiary/aromatic N) is 1. The Kier molecular flexibility index (Phi) is 3.01. The van der Waals surface area contributed by atoms with Crippen molar-refractivity contribution < 1.29 is 9.59 Å². The van der Waals surface area contributed by atoms with Gasteiger partial charge in [-0.2, -0.15) is 0 Å². The fourth-order valence-electron chi connectivity index (χ4n) is 2.75. The van der Waals surface area contributed by atoms with E-state index < -0.39 is 5.41 Å². The molecule has 1 aromatic rings. The van der Waals surface area contributed by atoms with E-state index in [2.05, 4.69) is 10.6 Å². The molecule has 0 unspecified atom stereocenters. The number of benzene rings is 1. The maximum absolute atomic E-state index is 12.5. The Morgan fingerprint density at radius 3 is 2.65 bits per heavy atom. The van der Waals surface area contributed by atoms with E-state index in [0.717, 1.165) is 37.4 Å².